The van der Waals surface area contributed by atoms with Gasteiger partial charge < -0.3 is 10.1 Å². The third kappa shape index (κ3) is 5.21. The van der Waals surface area contributed by atoms with Gasteiger partial charge in [-0.25, -0.2) is 8.42 Å². The smallest absolute Gasteiger partial charge is 0.247 e. The fourth-order valence-corrected chi connectivity index (χ4v) is 3.76. The summed E-state index contributed by atoms with van der Waals surface area (Å²) >= 11 is 0. The van der Waals surface area contributed by atoms with Crippen molar-refractivity contribution in [3.63, 3.8) is 0 Å². The van der Waals surface area contributed by atoms with E-state index in [4.69, 9.17) is 10.00 Å². The van der Waals surface area contributed by atoms with Gasteiger partial charge in [-0.15, -0.1) is 0 Å². The Morgan fingerprint density at radius 2 is 1.78 bits per heavy atom. The highest BCUT2D eigenvalue weighted by Crippen LogP contribution is 2.24. The van der Waals surface area contributed by atoms with E-state index in [-0.39, 0.29) is 6.42 Å². The summed E-state index contributed by atoms with van der Waals surface area (Å²) in [4.78, 5) is 12.6. The molecule has 0 aliphatic carbocycles. The Balaban J connectivity index is 2.22. The van der Waals surface area contributed by atoms with Gasteiger partial charge in [0.15, 0.2) is 0 Å². The number of amides is 1. The van der Waals surface area contributed by atoms with E-state index in [9.17, 15) is 13.2 Å². The van der Waals surface area contributed by atoms with Crippen molar-refractivity contribution in [1.82, 2.24) is 0 Å². The second kappa shape index (κ2) is 8.56. The molecule has 7 nitrogen and oxygen atoms in total. The van der Waals surface area contributed by atoms with Crippen LogP contribution in [0.1, 0.15) is 12.5 Å². The number of ether oxygens (including phenoxy) is 1. The minimum absolute atomic E-state index is 0.282. The molecule has 0 aromatic heterocycles. The molecule has 2 aromatic carbocycles. The Morgan fingerprint density at radius 3 is 2.26 bits per heavy atom. The number of sulfonamides is 1. The first-order valence-corrected chi connectivity index (χ1v) is 10.0. The molecule has 0 unspecified atom stereocenters. The largest absolute Gasteiger partial charge is 0.497 e. The maximum absolute atomic E-state index is 12.6. The molecule has 0 aliphatic heterocycles. The molecule has 0 saturated heterocycles. The number of hydrogen-bond donors (Lipinski definition) is 1. The number of nitrogens with one attached hydrogen (secondary N) is 1. The van der Waals surface area contributed by atoms with Crippen LogP contribution in [0.2, 0.25) is 0 Å². The van der Waals surface area contributed by atoms with Crippen molar-refractivity contribution < 1.29 is 17.9 Å². The average molecular weight is 387 g/mol. The Hall–Kier alpha value is -3.05. The van der Waals surface area contributed by atoms with Crippen molar-refractivity contribution in [2.45, 2.75) is 19.4 Å². The van der Waals surface area contributed by atoms with Crippen LogP contribution >= 0.6 is 0 Å². The van der Waals surface area contributed by atoms with E-state index in [0.29, 0.717) is 17.1 Å². The van der Waals surface area contributed by atoms with Gasteiger partial charge in [0.25, 0.3) is 0 Å². The van der Waals surface area contributed by atoms with Crippen molar-refractivity contribution >= 4 is 27.3 Å². The van der Waals surface area contributed by atoms with Gasteiger partial charge in [0, 0.05) is 5.69 Å². The topological polar surface area (TPSA) is 99.5 Å². The molecule has 2 rings (SSSR count). The van der Waals surface area contributed by atoms with E-state index in [0.717, 1.165) is 16.1 Å². The number of methoxy groups -OCH3 is 1. The number of nitriles is 1. The number of rotatable bonds is 7. The van der Waals surface area contributed by atoms with Gasteiger partial charge in [-0.1, -0.05) is 12.1 Å². The summed E-state index contributed by atoms with van der Waals surface area (Å²) in [6, 6.07) is 14.3. The molecule has 1 atom stereocenters. The zero-order valence-electron chi connectivity index (χ0n) is 15.3. The SMILES string of the molecule is COc1ccc(N([C@H](C)C(=O)Nc2ccc(CC#N)cc2)S(C)(=O)=O)cc1. The minimum atomic E-state index is -3.69. The second-order valence-electron chi connectivity index (χ2n) is 5.95. The molecule has 0 saturated carbocycles. The molecule has 2 aromatic rings. The van der Waals surface area contributed by atoms with Gasteiger partial charge in [-0.05, 0) is 48.9 Å². The van der Waals surface area contributed by atoms with Gasteiger partial charge in [0.2, 0.25) is 15.9 Å². The summed E-state index contributed by atoms with van der Waals surface area (Å²) in [6.45, 7) is 1.52. The summed E-state index contributed by atoms with van der Waals surface area (Å²) in [5, 5.41) is 11.4. The lowest BCUT2D eigenvalue weighted by molar-refractivity contribution is -0.116. The number of hydrogen-bond acceptors (Lipinski definition) is 5. The van der Waals surface area contributed by atoms with Crippen LogP contribution in [-0.4, -0.2) is 33.7 Å². The van der Waals surface area contributed by atoms with E-state index in [1.807, 2.05) is 0 Å². The normalized spacial score (nSPS) is 11.9. The van der Waals surface area contributed by atoms with Crippen molar-refractivity contribution in [2.75, 3.05) is 23.0 Å². The summed E-state index contributed by atoms with van der Waals surface area (Å²) in [7, 11) is -2.18. The van der Waals surface area contributed by atoms with Gasteiger partial charge >= 0.3 is 0 Å². The number of benzene rings is 2. The molecule has 27 heavy (non-hydrogen) atoms. The number of carbonyl (C=O) groups is 1. The third-order valence-corrected chi connectivity index (χ3v) is 5.16. The molecule has 0 spiro atoms. The van der Waals surface area contributed by atoms with Gasteiger partial charge in [-0.2, -0.15) is 5.26 Å². The lowest BCUT2D eigenvalue weighted by Gasteiger charge is -2.28. The summed E-state index contributed by atoms with van der Waals surface area (Å²) in [6.07, 6.45) is 1.33. The molecular weight excluding hydrogens is 366 g/mol. The van der Waals surface area contributed by atoms with E-state index >= 15 is 0 Å². The first-order chi connectivity index (χ1) is 12.8. The predicted molar refractivity (Wildman–Crippen MR) is 104 cm³/mol. The third-order valence-electron chi connectivity index (χ3n) is 3.92. The van der Waals surface area contributed by atoms with E-state index in [1.165, 1.54) is 14.0 Å². The van der Waals surface area contributed by atoms with Crippen molar-refractivity contribution in [2.24, 2.45) is 0 Å². The van der Waals surface area contributed by atoms with Crippen LogP contribution in [0, 0.1) is 11.3 Å². The molecule has 1 amide bonds. The number of anilines is 2. The van der Waals surface area contributed by atoms with E-state index < -0.39 is 22.0 Å². The summed E-state index contributed by atoms with van der Waals surface area (Å²) in [5.74, 6) is 0.117. The van der Waals surface area contributed by atoms with Crippen LogP contribution in [0.5, 0.6) is 5.75 Å². The van der Waals surface area contributed by atoms with Crippen LogP contribution in [0.3, 0.4) is 0 Å². The van der Waals surface area contributed by atoms with Crippen molar-refractivity contribution in [3.8, 4) is 11.8 Å². The van der Waals surface area contributed by atoms with Crippen LogP contribution in [-0.2, 0) is 21.2 Å². The van der Waals surface area contributed by atoms with Gasteiger partial charge in [0.1, 0.15) is 11.8 Å². The molecule has 142 valence electrons. The molecule has 0 heterocycles. The molecule has 1 N–H and O–H groups in total. The lowest BCUT2D eigenvalue weighted by atomic mass is 10.1. The van der Waals surface area contributed by atoms with Gasteiger partial charge in [-0.3, -0.25) is 9.10 Å². The van der Waals surface area contributed by atoms with Crippen molar-refractivity contribution in [1.29, 1.82) is 5.26 Å². The number of carbonyl (C=O) groups excluding carboxylic acids is 1. The van der Waals surface area contributed by atoms with E-state index in [2.05, 4.69) is 11.4 Å². The Morgan fingerprint density at radius 1 is 1.19 bits per heavy atom. The number of nitrogens with zero attached hydrogens (tertiary/aromatic N) is 2. The molecule has 0 radical (unpaired) electrons. The molecular formula is C19H21N3O4S. The average Bonchev–Trinajstić information content (AvgIpc) is 2.63. The lowest BCUT2D eigenvalue weighted by Crippen LogP contribution is -2.45. The first-order valence-electron chi connectivity index (χ1n) is 8.16. The maximum Gasteiger partial charge on any atom is 0.247 e. The molecule has 0 bridgehead atoms. The predicted octanol–water partition coefficient (Wildman–Crippen LogP) is 2.55. The molecule has 8 heteroatoms. The maximum atomic E-state index is 12.6. The monoisotopic (exact) mass is 387 g/mol. The molecule has 0 aliphatic rings. The minimum Gasteiger partial charge on any atom is -0.497 e. The summed E-state index contributed by atoms with van der Waals surface area (Å²) < 4.78 is 30.7. The Bertz CT molecular complexity index is 932. The highest BCUT2D eigenvalue weighted by molar-refractivity contribution is 7.92. The summed E-state index contributed by atoms with van der Waals surface area (Å²) in [5.41, 5.74) is 1.72. The fourth-order valence-electron chi connectivity index (χ4n) is 2.58. The van der Waals surface area contributed by atoms with Gasteiger partial charge in [0.05, 0.1) is 31.5 Å². The zero-order chi connectivity index (χ0) is 20.0. The second-order valence-corrected chi connectivity index (χ2v) is 7.81. The quantitative estimate of drug-likeness (QED) is 0.787. The standard InChI is InChI=1S/C19H21N3O4S/c1-14(19(23)21-16-6-4-15(5-7-16)12-13-20)22(27(3,24)25)17-8-10-18(26-2)11-9-17/h4-11,14H,12H2,1-3H3,(H,21,23)/t14-/m1/s1. The zero-order valence-corrected chi connectivity index (χ0v) is 16.2. The first kappa shape index (κ1) is 20.3. The highest BCUT2D eigenvalue weighted by Gasteiger charge is 2.29. The van der Waals surface area contributed by atoms with Crippen LogP contribution in [0.25, 0.3) is 0 Å². The Kier molecular flexibility index (Phi) is 6.42. The van der Waals surface area contributed by atoms with Crippen LogP contribution in [0.4, 0.5) is 11.4 Å². The van der Waals surface area contributed by atoms with Crippen LogP contribution in [0.15, 0.2) is 48.5 Å². The highest BCUT2D eigenvalue weighted by atomic mass is 32.2. The van der Waals surface area contributed by atoms with E-state index in [1.54, 1.807) is 48.5 Å². The fraction of sp³-hybridized carbons (Fsp3) is 0.263. The van der Waals surface area contributed by atoms with Crippen LogP contribution < -0.4 is 14.4 Å². The van der Waals surface area contributed by atoms with Crippen molar-refractivity contribution in [3.05, 3.63) is 54.1 Å². The molecule has 0 fully saturated rings. The Labute approximate surface area is 159 Å².